The fraction of sp³-hybridized carbons (Fsp3) is 0.294. The van der Waals surface area contributed by atoms with Crippen LogP contribution in [0.3, 0.4) is 0 Å². The minimum Gasteiger partial charge on any atom is -0.481 e. The highest BCUT2D eigenvalue weighted by atomic mass is 32.1. The van der Waals surface area contributed by atoms with E-state index in [0.717, 1.165) is 11.1 Å². The molecule has 1 N–H and O–H groups in total. The molecule has 1 aromatic heterocycles. The third kappa shape index (κ3) is 3.60. The molecule has 1 saturated heterocycles. The van der Waals surface area contributed by atoms with Crippen molar-refractivity contribution in [1.29, 1.82) is 0 Å². The van der Waals surface area contributed by atoms with E-state index in [1.807, 2.05) is 41.8 Å². The highest BCUT2D eigenvalue weighted by Gasteiger charge is 2.28. The number of rotatable bonds is 4. The first kappa shape index (κ1) is 15.7. The van der Waals surface area contributed by atoms with Crippen LogP contribution in [0.2, 0.25) is 0 Å². The number of amides is 1. The number of carbonyl (C=O) groups is 2. The number of morpholine rings is 1. The Morgan fingerprint density at radius 3 is 2.78 bits per heavy atom. The zero-order valence-corrected chi connectivity index (χ0v) is 13.3. The Kier molecular flexibility index (Phi) is 4.73. The van der Waals surface area contributed by atoms with E-state index in [1.54, 1.807) is 4.90 Å². The van der Waals surface area contributed by atoms with E-state index in [-0.39, 0.29) is 12.3 Å². The predicted octanol–water partition coefficient (Wildman–Crippen LogP) is 2.73. The maximum absolute atomic E-state index is 12.8. The zero-order chi connectivity index (χ0) is 16.2. The van der Waals surface area contributed by atoms with Gasteiger partial charge in [0.1, 0.15) is 0 Å². The van der Waals surface area contributed by atoms with Crippen LogP contribution < -0.4 is 0 Å². The monoisotopic (exact) mass is 331 g/mol. The van der Waals surface area contributed by atoms with E-state index in [4.69, 9.17) is 9.84 Å². The van der Waals surface area contributed by atoms with Gasteiger partial charge in [0.05, 0.1) is 24.0 Å². The van der Waals surface area contributed by atoms with Crippen molar-refractivity contribution in [2.24, 2.45) is 0 Å². The quantitative estimate of drug-likeness (QED) is 0.935. The van der Waals surface area contributed by atoms with E-state index in [0.29, 0.717) is 24.6 Å². The molecule has 23 heavy (non-hydrogen) atoms. The van der Waals surface area contributed by atoms with Crippen LogP contribution in [0.1, 0.15) is 16.1 Å². The van der Waals surface area contributed by atoms with E-state index < -0.39 is 12.1 Å². The number of hydrogen-bond donors (Lipinski definition) is 1. The van der Waals surface area contributed by atoms with Gasteiger partial charge >= 0.3 is 5.97 Å². The minimum absolute atomic E-state index is 0.0578. The molecule has 0 spiro atoms. The Labute approximate surface area is 138 Å². The maximum atomic E-state index is 12.8. The largest absolute Gasteiger partial charge is 0.481 e. The summed E-state index contributed by atoms with van der Waals surface area (Å²) in [5, 5.41) is 10.8. The molecule has 3 rings (SSSR count). The van der Waals surface area contributed by atoms with Gasteiger partial charge in [0.25, 0.3) is 5.91 Å². The Bertz CT molecular complexity index is 698. The molecule has 1 fully saturated rings. The highest BCUT2D eigenvalue weighted by Crippen LogP contribution is 2.29. The zero-order valence-electron chi connectivity index (χ0n) is 12.5. The normalized spacial score (nSPS) is 17.9. The fourth-order valence-electron chi connectivity index (χ4n) is 2.69. The number of nitrogens with zero attached hydrogens (tertiary/aromatic N) is 1. The summed E-state index contributed by atoms with van der Waals surface area (Å²) in [7, 11) is 0. The van der Waals surface area contributed by atoms with E-state index >= 15 is 0 Å². The summed E-state index contributed by atoms with van der Waals surface area (Å²) in [6.45, 7) is 1.17. The summed E-state index contributed by atoms with van der Waals surface area (Å²) in [6.07, 6.45) is -0.523. The van der Waals surface area contributed by atoms with Crippen LogP contribution in [0, 0.1) is 0 Å². The van der Waals surface area contributed by atoms with Gasteiger partial charge in [-0.25, -0.2) is 0 Å². The molecular formula is C17H17NO4S. The second-order valence-corrected chi connectivity index (χ2v) is 6.29. The van der Waals surface area contributed by atoms with Gasteiger partial charge in [-0.05, 0) is 17.0 Å². The van der Waals surface area contributed by atoms with Gasteiger partial charge in [-0.3, -0.25) is 9.59 Å². The first-order chi connectivity index (χ1) is 11.1. The number of benzene rings is 1. The molecule has 2 heterocycles. The summed E-state index contributed by atoms with van der Waals surface area (Å²) in [5.74, 6) is -0.970. The van der Waals surface area contributed by atoms with Crippen molar-refractivity contribution in [2.75, 3.05) is 19.7 Å². The van der Waals surface area contributed by atoms with Gasteiger partial charge in [0.2, 0.25) is 0 Å². The molecule has 0 bridgehead atoms. The number of carboxylic acid groups (broad SMARTS) is 1. The molecule has 1 aliphatic heterocycles. The van der Waals surface area contributed by atoms with Crippen molar-refractivity contribution >= 4 is 23.2 Å². The van der Waals surface area contributed by atoms with Crippen LogP contribution in [-0.2, 0) is 9.53 Å². The van der Waals surface area contributed by atoms with Crippen molar-refractivity contribution in [3.63, 3.8) is 0 Å². The highest BCUT2D eigenvalue weighted by molar-refractivity contribution is 7.12. The van der Waals surface area contributed by atoms with Crippen LogP contribution in [0.5, 0.6) is 0 Å². The Hall–Kier alpha value is -2.18. The first-order valence-electron chi connectivity index (χ1n) is 7.40. The molecule has 2 aromatic rings. The van der Waals surface area contributed by atoms with E-state index in [2.05, 4.69) is 0 Å². The van der Waals surface area contributed by atoms with Crippen LogP contribution in [0.15, 0.2) is 41.8 Å². The van der Waals surface area contributed by atoms with E-state index in [1.165, 1.54) is 11.3 Å². The summed E-state index contributed by atoms with van der Waals surface area (Å²) >= 11 is 1.41. The summed E-state index contributed by atoms with van der Waals surface area (Å²) < 4.78 is 5.43. The van der Waals surface area contributed by atoms with Gasteiger partial charge in [-0.1, -0.05) is 30.3 Å². The van der Waals surface area contributed by atoms with Crippen molar-refractivity contribution < 1.29 is 19.4 Å². The second kappa shape index (κ2) is 6.93. The lowest BCUT2D eigenvalue weighted by Crippen LogP contribution is -2.46. The number of hydrogen-bond acceptors (Lipinski definition) is 4. The number of aliphatic carboxylic acids is 1. The third-order valence-electron chi connectivity index (χ3n) is 3.77. The summed E-state index contributed by atoms with van der Waals surface area (Å²) in [5.41, 5.74) is 1.93. The lowest BCUT2D eigenvalue weighted by molar-refractivity contribution is -0.141. The lowest BCUT2D eigenvalue weighted by atomic mass is 10.1. The van der Waals surface area contributed by atoms with Crippen LogP contribution in [0.4, 0.5) is 0 Å². The molecule has 6 heteroatoms. The van der Waals surface area contributed by atoms with Gasteiger partial charge < -0.3 is 14.7 Å². The molecule has 0 saturated carbocycles. The van der Waals surface area contributed by atoms with Crippen molar-refractivity contribution in [3.8, 4) is 11.1 Å². The molecule has 0 radical (unpaired) electrons. The summed E-state index contributed by atoms with van der Waals surface area (Å²) in [6, 6.07) is 11.7. The van der Waals surface area contributed by atoms with Crippen LogP contribution >= 0.6 is 11.3 Å². The Balaban J connectivity index is 1.79. The van der Waals surface area contributed by atoms with Gasteiger partial charge in [-0.2, -0.15) is 0 Å². The molecule has 1 atom stereocenters. The van der Waals surface area contributed by atoms with E-state index in [9.17, 15) is 9.59 Å². The molecular weight excluding hydrogens is 314 g/mol. The topological polar surface area (TPSA) is 66.8 Å². The molecule has 5 nitrogen and oxygen atoms in total. The lowest BCUT2D eigenvalue weighted by Gasteiger charge is -2.32. The van der Waals surface area contributed by atoms with Gasteiger partial charge in [-0.15, -0.1) is 11.3 Å². The fourth-order valence-corrected chi connectivity index (χ4v) is 3.57. The standard InChI is InChI=1S/C17H17NO4S/c19-15(20)10-13-11-18(7-8-22-13)17(21)16-14(6-9-23-16)12-4-2-1-3-5-12/h1-6,9,13H,7-8,10-11H2,(H,19,20)/t13-/m1/s1. The Morgan fingerprint density at radius 2 is 2.04 bits per heavy atom. The second-order valence-electron chi connectivity index (χ2n) is 5.37. The summed E-state index contributed by atoms with van der Waals surface area (Å²) in [4.78, 5) is 26.0. The van der Waals surface area contributed by atoms with Crippen LogP contribution in [0.25, 0.3) is 11.1 Å². The number of carbonyl (C=O) groups excluding carboxylic acids is 1. The molecule has 1 aliphatic rings. The first-order valence-corrected chi connectivity index (χ1v) is 8.28. The average Bonchev–Trinajstić information content (AvgIpc) is 3.04. The molecule has 0 aliphatic carbocycles. The average molecular weight is 331 g/mol. The SMILES string of the molecule is O=C(O)C[C@@H]1CN(C(=O)c2sccc2-c2ccccc2)CCO1. The number of ether oxygens (including phenoxy) is 1. The molecule has 1 aromatic carbocycles. The number of thiophene rings is 1. The van der Waals surface area contributed by atoms with Gasteiger partial charge in [0.15, 0.2) is 0 Å². The van der Waals surface area contributed by atoms with Crippen LogP contribution in [-0.4, -0.2) is 47.7 Å². The smallest absolute Gasteiger partial charge is 0.306 e. The maximum Gasteiger partial charge on any atom is 0.306 e. The predicted molar refractivity (Wildman–Crippen MR) is 87.7 cm³/mol. The Morgan fingerprint density at radius 1 is 1.26 bits per heavy atom. The third-order valence-corrected chi connectivity index (χ3v) is 4.67. The minimum atomic E-state index is -0.912. The van der Waals surface area contributed by atoms with Gasteiger partial charge in [0, 0.05) is 18.7 Å². The van der Waals surface area contributed by atoms with Crippen molar-refractivity contribution in [3.05, 3.63) is 46.7 Å². The molecule has 1 amide bonds. The molecule has 120 valence electrons. The van der Waals surface area contributed by atoms with Crippen molar-refractivity contribution in [1.82, 2.24) is 4.90 Å². The van der Waals surface area contributed by atoms with Crippen molar-refractivity contribution in [2.45, 2.75) is 12.5 Å². The molecule has 0 unspecified atom stereocenters. The number of carboxylic acids is 1.